The van der Waals surface area contributed by atoms with Gasteiger partial charge in [-0.05, 0) is 48.6 Å². The van der Waals surface area contributed by atoms with Crippen LogP contribution in [0.15, 0.2) is 52.8 Å². The Labute approximate surface area is 130 Å². The normalized spacial score (nSPS) is 17.0. The number of carbonyl (C=O) groups excluding carboxylic acids is 2. The minimum Gasteiger partial charge on any atom is -0.472 e. The number of amides is 2. The van der Waals surface area contributed by atoms with Gasteiger partial charge < -0.3 is 4.42 Å². The predicted molar refractivity (Wildman–Crippen MR) is 81.3 cm³/mol. The molecular weight excluding hydrogens is 307 g/mol. The molecule has 1 aliphatic rings. The first-order valence-electron chi connectivity index (χ1n) is 6.25. The maximum absolute atomic E-state index is 13.0. The number of rotatable bonds is 2. The Balaban J connectivity index is 2.01. The van der Waals surface area contributed by atoms with Gasteiger partial charge in [-0.1, -0.05) is 0 Å². The van der Waals surface area contributed by atoms with E-state index in [4.69, 9.17) is 16.6 Å². The zero-order chi connectivity index (χ0) is 15.7. The highest BCUT2D eigenvalue weighted by atomic mass is 32.1. The molecule has 110 valence electrons. The fraction of sp³-hybridized carbons (Fsp3) is 0. The van der Waals surface area contributed by atoms with Crippen molar-refractivity contribution in [3.05, 3.63) is 59.8 Å². The van der Waals surface area contributed by atoms with E-state index in [9.17, 15) is 14.0 Å². The van der Waals surface area contributed by atoms with Crippen LogP contribution in [-0.4, -0.2) is 16.9 Å². The summed E-state index contributed by atoms with van der Waals surface area (Å²) in [4.78, 5) is 25.7. The Hall–Kier alpha value is -2.80. The van der Waals surface area contributed by atoms with Crippen LogP contribution < -0.4 is 10.2 Å². The zero-order valence-electron chi connectivity index (χ0n) is 11.1. The predicted octanol–water partition coefficient (Wildman–Crippen LogP) is 2.25. The van der Waals surface area contributed by atoms with Crippen LogP contribution in [0.25, 0.3) is 6.08 Å². The largest absolute Gasteiger partial charge is 0.472 e. The molecule has 1 saturated heterocycles. The van der Waals surface area contributed by atoms with E-state index in [1.54, 1.807) is 6.07 Å². The topological polar surface area (TPSA) is 62.6 Å². The van der Waals surface area contributed by atoms with Gasteiger partial charge in [0.15, 0.2) is 5.11 Å². The molecule has 2 aromatic rings. The van der Waals surface area contributed by atoms with Crippen LogP contribution in [-0.2, 0) is 9.59 Å². The van der Waals surface area contributed by atoms with E-state index in [-0.39, 0.29) is 10.7 Å². The third-order valence-corrected chi connectivity index (χ3v) is 3.33. The quantitative estimate of drug-likeness (QED) is 0.524. The second-order valence-corrected chi connectivity index (χ2v) is 4.88. The molecule has 1 aromatic carbocycles. The SMILES string of the molecule is O=C1NC(=S)N(c2ccc(F)cc2)C(=O)/C1=C\c1ccoc1. The van der Waals surface area contributed by atoms with Crippen molar-refractivity contribution in [2.45, 2.75) is 0 Å². The summed E-state index contributed by atoms with van der Waals surface area (Å²) in [6.45, 7) is 0. The number of thiocarbonyl (C=S) groups is 1. The first-order valence-corrected chi connectivity index (χ1v) is 6.66. The lowest BCUT2D eigenvalue weighted by Crippen LogP contribution is -2.54. The van der Waals surface area contributed by atoms with E-state index in [1.807, 2.05) is 0 Å². The second-order valence-electron chi connectivity index (χ2n) is 4.49. The van der Waals surface area contributed by atoms with Gasteiger partial charge in [-0.25, -0.2) is 4.39 Å². The molecular formula is C15H9FN2O3S. The Morgan fingerprint density at radius 1 is 1.18 bits per heavy atom. The standard InChI is InChI=1S/C15H9FN2O3S/c16-10-1-3-11(4-2-10)18-14(20)12(13(19)17-15(18)22)7-9-5-6-21-8-9/h1-8H,(H,17,19,22)/b12-7-. The third-order valence-electron chi connectivity index (χ3n) is 3.04. The van der Waals surface area contributed by atoms with Crippen LogP contribution in [0.3, 0.4) is 0 Å². The summed E-state index contributed by atoms with van der Waals surface area (Å²) in [6.07, 6.45) is 4.24. The molecule has 1 fully saturated rings. The molecule has 2 amide bonds. The highest BCUT2D eigenvalue weighted by Gasteiger charge is 2.34. The lowest BCUT2D eigenvalue weighted by molar-refractivity contribution is -0.122. The smallest absolute Gasteiger partial charge is 0.270 e. The van der Waals surface area contributed by atoms with Crippen LogP contribution in [0.2, 0.25) is 0 Å². The molecule has 7 heteroatoms. The number of nitrogens with zero attached hydrogens (tertiary/aromatic N) is 1. The summed E-state index contributed by atoms with van der Waals surface area (Å²) in [5, 5.41) is 2.39. The molecule has 5 nitrogen and oxygen atoms in total. The third kappa shape index (κ3) is 2.53. The number of halogens is 1. The first-order chi connectivity index (χ1) is 10.6. The Morgan fingerprint density at radius 3 is 2.55 bits per heavy atom. The van der Waals surface area contributed by atoms with Crippen molar-refractivity contribution in [3.8, 4) is 0 Å². The van der Waals surface area contributed by atoms with Gasteiger partial charge in [0, 0.05) is 5.56 Å². The summed E-state index contributed by atoms with van der Waals surface area (Å²) in [5.74, 6) is -1.60. The van der Waals surface area contributed by atoms with E-state index in [1.165, 1.54) is 42.9 Å². The number of benzene rings is 1. The lowest BCUT2D eigenvalue weighted by atomic mass is 10.1. The number of carbonyl (C=O) groups is 2. The monoisotopic (exact) mass is 316 g/mol. The number of hydrogen-bond donors (Lipinski definition) is 1. The van der Waals surface area contributed by atoms with Gasteiger partial charge in [0.25, 0.3) is 11.8 Å². The summed E-state index contributed by atoms with van der Waals surface area (Å²) < 4.78 is 17.9. The first kappa shape index (κ1) is 14.2. The molecule has 1 aliphatic heterocycles. The average Bonchev–Trinajstić information content (AvgIpc) is 2.98. The molecule has 0 unspecified atom stereocenters. The Morgan fingerprint density at radius 2 is 1.91 bits per heavy atom. The van der Waals surface area contributed by atoms with Crippen LogP contribution in [0.5, 0.6) is 0 Å². The summed E-state index contributed by atoms with van der Waals surface area (Å²) in [6, 6.07) is 6.85. The molecule has 0 saturated carbocycles. The zero-order valence-corrected chi connectivity index (χ0v) is 11.9. The minimum absolute atomic E-state index is 0.0500. The molecule has 0 aliphatic carbocycles. The number of hydrogen-bond acceptors (Lipinski definition) is 4. The van der Waals surface area contributed by atoms with Gasteiger partial charge >= 0.3 is 0 Å². The van der Waals surface area contributed by atoms with Crippen LogP contribution >= 0.6 is 12.2 Å². The molecule has 0 radical (unpaired) electrons. The van der Waals surface area contributed by atoms with Crippen molar-refractivity contribution in [1.29, 1.82) is 0 Å². The van der Waals surface area contributed by atoms with Crippen molar-refractivity contribution in [3.63, 3.8) is 0 Å². The summed E-state index contributed by atoms with van der Waals surface area (Å²) >= 11 is 5.03. The fourth-order valence-corrected chi connectivity index (χ4v) is 2.29. The molecule has 2 heterocycles. The van der Waals surface area contributed by atoms with Crippen LogP contribution in [0.1, 0.15) is 5.56 Å². The second kappa shape index (κ2) is 5.53. The van der Waals surface area contributed by atoms with Crippen molar-refractivity contribution in [2.24, 2.45) is 0 Å². The summed E-state index contributed by atoms with van der Waals surface area (Å²) in [5.41, 5.74) is 0.860. The van der Waals surface area contributed by atoms with Crippen LogP contribution in [0.4, 0.5) is 10.1 Å². The minimum atomic E-state index is -0.588. The van der Waals surface area contributed by atoms with Crippen molar-refractivity contribution in [2.75, 3.05) is 4.90 Å². The Kier molecular flexibility index (Phi) is 3.56. The van der Waals surface area contributed by atoms with E-state index >= 15 is 0 Å². The van der Waals surface area contributed by atoms with Crippen molar-refractivity contribution in [1.82, 2.24) is 5.32 Å². The molecule has 1 aromatic heterocycles. The molecule has 0 bridgehead atoms. The number of anilines is 1. The van der Waals surface area contributed by atoms with Gasteiger partial charge in [-0.3, -0.25) is 19.8 Å². The van der Waals surface area contributed by atoms with Gasteiger partial charge in [0.1, 0.15) is 11.4 Å². The number of furan rings is 1. The van der Waals surface area contributed by atoms with Crippen molar-refractivity contribution >= 4 is 40.9 Å². The van der Waals surface area contributed by atoms with E-state index in [0.717, 1.165) is 4.90 Å². The molecule has 0 spiro atoms. The molecule has 1 N–H and O–H groups in total. The van der Waals surface area contributed by atoms with Gasteiger partial charge in [0.05, 0.1) is 18.2 Å². The Bertz CT molecular complexity index is 782. The lowest BCUT2D eigenvalue weighted by Gasteiger charge is -2.28. The summed E-state index contributed by atoms with van der Waals surface area (Å²) in [7, 11) is 0. The van der Waals surface area contributed by atoms with Gasteiger partial charge in [0.2, 0.25) is 0 Å². The van der Waals surface area contributed by atoms with E-state index in [2.05, 4.69) is 5.32 Å². The van der Waals surface area contributed by atoms with E-state index in [0.29, 0.717) is 11.3 Å². The molecule has 22 heavy (non-hydrogen) atoms. The highest BCUT2D eigenvalue weighted by Crippen LogP contribution is 2.22. The van der Waals surface area contributed by atoms with Gasteiger partial charge in [-0.15, -0.1) is 0 Å². The van der Waals surface area contributed by atoms with Crippen molar-refractivity contribution < 1.29 is 18.4 Å². The van der Waals surface area contributed by atoms with Crippen LogP contribution in [0, 0.1) is 5.82 Å². The average molecular weight is 316 g/mol. The van der Waals surface area contributed by atoms with Gasteiger partial charge in [-0.2, -0.15) is 0 Å². The number of nitrogens with one attached hydrogen (secondary N) is 1. The fourth-order valence-electron chi connectivity index (χ4n) is 2.01. The maximum Gasteiger partial charge on any atom is 0.270 e. The highest BCUT2D eigenvalue weighted by molar-refractivity contribution is 7.80. The molecule has 3 rings (SSSR count). The maximum atomic E-state index is 13.0. The van der Waals surface area contributed by atoms with E-state index < -0.39 is 17.6 Å². The molecule has 0 atom stereocenters.